The van der Waals surface area contributed by atoms with E-state index in [4.69, 9.17) is 0 Å². The Bertz CT molecular complexity index is 571. The van der Waals surface area contributed by atoms with Gasteiger partial charge in [0.25, 0.3) is 0 Å². The zero-order valence-electron chi connectivity index (χ0n) is 11.4. The van der Waals surface area contributed by atoms with Gasteiger partial charge in [-0.1, -0.05) is 0 Å². The predicted molar refractivity (Wildman–Crippen MR) is 60.2 cm³/mol. The molecule has 2 N–H and O–H groups in total. The third-order valence-corrected chi connectivity index (χ3v) is 2.52. The molecule has 0 aromatic carbocycles. The van der Waals surface area contributed by atoms with Crippen molar-refractivity contribution in [2.24, 2.45) is 0 Å². The summed E-state index contributed by atoms with van der Waals surface area (Å²) in [6, 6.07) is 0. The molecule has 13 nitrogen and oxygen atoms in total. The zero-order chi connectivity index (χ0) is 20.2. The van der Waals surface area contributed by atoms with Crippen molar-refractivity contribution in [3.05, 3.63) is 30.3 Å². The van der Waals surface area contributed by atoms with Crippen molar-refractivity contribution in [3.8, 4) is 0 Å². The minimum Gasteiger partial charge on any atom is -0.273 e. The van der Waals surface area contributed by atoms with Gasteiger partial charge in [0, 0.05) is 0 Å². The van der Waals surface area contributed by atoms with Crippen molar-refractivity contribution in [3.63, 3.8) is 0 Å². The molecule has 0 saturated heterocycles. The van der Waals surface area contributed by atoms with Gasteiger partial charge in [0.1, 0.15) is 0 Å². The number of halogens is 5. The van der Waals surface area contributed by atoms with Crippen molar-refractivity contribution in [1.82, 2.24) is 10.9 Å². The molecule has 0 saturated carbocycles. The second-order valence-electron chi connectivity index (χ2n) is 4.12. The van der Waals surface area contributed by atoms with Crippen LogP contribution in [0.4, 0.5) is 22.0 Å². The second-order valence-corrected chi connectivity index (χ2v) is 4.12. The normalized spacial score (nSPS) is 12.2. The van der Waals surface area contributed by atoms with E-state index in [1.807, 2.05) is 0 Å². The highest BCUT2D eigenvalue weighted by Crippen LogP contribution is 2.35. The smallest absolute Gasteiger partial charge is 0.273 e. The summed E-state index contributed by atoms with van der Waals surface area (Å²) in [5, 5.41) is 31.6. The Hall–Kier alpha value is -3.21. The number of rotatable bonds is 7. The number of hydrogen-bond acceptors (Lipinski definition) is 8. The minimum atomic E-state index is -6.29. The molecule has 0 spiro atoms. The standard InChI is InChI=1S/C7H6F5N5O8/c8-6(9,7(10,11)12)4(19)14-13-3(18)1-2-5(15(20)21,16(22)23)17(24)25/h1-2H2,(H,13,18)(H,14,19). The molecule has 0 radical (unpaired) electrons. The van der Waals surface area contributed by atoms with E-state index in [1.54, 1.807) is 0 Å². The lowest BCUT2D eigenvalue weighted by Gasteiger charge is -2.18. The van der Waals surface area contributed by atoms with E-state index in [1.165, 1.54) is 0 Å². The first-order valence-electron chi connectivity index (χ1n) is 5.58. The molecule has 0 aromatic rings. The van der Waals surface area contributed by atoms with Gasteiger partial charge >= 0.3 is 23.8 Å². The van der Waals surface area contributed by atoms with Crippen LogP contribution in [-0.2, 0) is 9.59 Å². The molecule has 0 atom stereocenters. The molecule has 0 bridgehead atoms. The van der Waals surface area contributed by atoms with E-state index in [2.05, 4.69) is 0 Å². The molecule has 2 amide bonds. The Labute approximate surface area is 131 Å². The fourth-order valence-corrected chi connectivity index (χ4v) is 1.15. The highest BCUT2D eigenvalue weighted by atomic mass is 19.4. The summed E-state index contributed by atoms with van der Waals surface area (Å²) < 4.78 is 60.5. The first-order valence-corrected chi connectivity index (χ1v) is 5.58. The summed E-state index contributed by atoms with van der Waals surface area (Å²) in [5.41, 5.74) is 1.60. The van der Waals surface area contributed by atoms with Gasteiger partial charge in [0.05, 0.1) is 6.42 Å². The van der Waals surface area contributed by atoms with Crippen molar-refractivity contribution >= 4 is 11.8 Å². The Morgan fingerprint density at radius 2 is 1.24 bits per heavy atom. The third kappa shape index (κ3) is 4.41. The monoisotopic (exact) mass is 383 g/mol. The van der Waals surface area contributed by atoms with Gasteiger partial charge in [-0.15, -0.1) is 0 Å². The van der Waals surface area contributed by atoms with Crippen LogP contribution in [0.5, 0.6) is 0 Å². The van der Waals surface area contributed by atoms with Crippen LogP contribution in [0.2, 0.25) is 0 Å². The van der Waals surface area contributed by atoms with Crippen LogP contribution in [0, 0.1) is 30.3 Å². The average molecular weight is 383 g/mol. The summed E-state index contributed by atoms with van der Waals surface area (Å²) in [6.45, 7) is 0. The largest absolute Gasteiger partial charge is 0.700 e. The highest BCUT2D eigenvalue weighted by molar-refractivity contribution is 5.87. The molecular formula is C7H6F5N5O8. The first kappa shape index (κ1) is 21.8. The number of nitro groups is 3. The number of carbonyl (C=O) groups is 2. The molecular weight excluding hydrogens is 377 g/mol. The number of hydrogen-bond donors (Lipinski definition) is 2. The molecule has 0 aromatic heterocycles. The number of alkyl halides is 5. The third-order valence-electron chi connectivity index (χ3n) is 2.52. The molecule has 0 rings (SSSR count). The van der Waals surface area contributed by atoms with Gasteiger partial charge in [0.15, 0.2) is 21.2 Å². The average Bonchev–Trinajstić information content (AvgIpc) is 2.42. The lowest BCUT2D eigenvalue weighted by atomic mass is 10.2. The number of carbonyl (C=O) groups excluding carboxylic acids is 2. The number of amides is 2. The van der Waals surface area contributed by atoms with Crippen molar-refractivity contribution < 1.29 is 46.3 Å². The second kappa shape index (κ2) is 7.13. The van der Waals surface area contributed by atoms with Gasteiger partial charge < -0.3 is 0 Å². The van der Waals surface area contributed by atoms with Gasteiger partial charge in [0.2, 0.25) is 5.91 Å². The topological polar surface area (TPSA) is 188 Å². The maximum absolute atomic E-state index is 12.5. The maximum Gasteiger partial charge on any atom is 0.700 e. The van der Waals surface area contributed by atoms with E-state index < -0.39 is 57.3 Å². The van der Waals surface area contributed by atoms with E-state index in [0.717, 1.165) is 5.43 Å². The van der Waals surface area contributed by atoms with Crippen LogP contribution in [0.15, 0.2) is 0 Å². The van der Waals surface area contributed by atoms with Crippen LogP contribution >= 0.6 is 0 Å². The van der Waals surface area contributed by atoms with Crippen molar-refractivity contribution in [1.29, 1.82) is 0 Å². The van der Waals surface area contributed by atoms with E-state index in [9.17, 15) is 61.9 Å². The van der Waals surface area contributed by atoms with Crippen LogP contribution in [0.25, 0.3) is 0 Å². The van der Waals surface area contributed by atoms with Gasteiger partial charge in [-0.3, -0.25) is 50.8 Å². The quantitative estimate of drug-likeness (QED) is 0.257. The van der Waals surface area contributed by atoms with Crippen LogP contribution in [0.3, 0.4) is 0 Å². The number of hydrazine groups is 1. The lowest BCUT2D eigenvalue weighted by Crippen LogP contribution is -2.56. The first-order chi connectivity index (χ1) is 11.1. The zero-order valence-corrected chi connectivity index (χ0v) is 11.4. The van der Waals surface area contributed by atoms with Crippen LogP contribution < -0.4 is 10.9 Å². The van der Waals surface area contributed by atoms with E-state index >= 15 is 0 Å². The van der Waals surface area contributed by atoms with E-state index in [0.29, 0.717) is 5.43 Å². The Morgan fingerprint density at radius 1 is 0.840 bits per heavy atom. The molecule has 0 heterocycles. The summed E-state index contributed by atoms with van der Waals surface area (Å²) in [5.74, 6) is -14.7. The predicted octanol–water partition coefficient (Wildman–Crippen LogP) is -0.405. The molecule has 0 unspecified atom stereocenters. The van der Waals surface area contributed by atoms with Crippen molar-refractivity contribution in [2.75, 3.05) is 0 Å². The molecule has 25 heavy (non-hydrogen) atoms. The molecule has 18 heteroatoms. The Kier molecular flexibility index (Phi) is 6.22. The summed E-state index contributed by atoms with van der Waals surface area (Å²) >= 11 is 0. The SMILES string of the molecule is O=C(CCC([N+](=O)[O-])([N+](=O)[O-])[N+](=O)[O-])NNC(=O)C(F)(F)C(F)(F)F. The number of nitrogens with one attached hydrogen (secondary N) is 2. The molecule has 0 aliphatic heterocycles. The molecule has 0 fully saturated rings. The Balaban J connectivity index is 4.93. The highest BCUT2D eigenvalue weighted by Gasteiger charge is 2.70. The fraction of sp³-hybridized carbons (Fsp3) is 0.714. The van der Waals surface area contributed by atoms with Gasteiger partial charge in [-0.2, -0.15) is 22.0 Å². The summed E-state index contributed by atoms with van der Waals surface area (Å²) in [6.07, 6.45) is -9.40. The van der Waals surface area contributed by atoms with Gasteiger partial charge in [-0.05, 0) is 0 Å². The van der Waals surface area contributed by atoms with Crippen LogP contribution in [0.1, 0.15) is 12.8 Å². The Morgan fingerprint density at radius 3 is 1.56 bits per heavy atom. The fourth-order valence-electron chi connectivity index (χ4n) is 1.15. The molecule has 0 aliphatic rings. The number of nitrogens with zero attached hydrogens (tertiary/aromatic N) is 3. The summed E-state index contributed by atoms with van der Waals surface area (Å²) in [4.78, 5) is 47.5. The van der Waals surface area contributed by atoms with Gasteiger partial charge in [-0.25, -0.2) is 0 Å². The molecule has 142 valence electrons. The van der Waals surface area contributed by atoms with Crippen LogP contribution in [-0.4, -0.2) is 44.5 Å². The minimum absolute atomic E-state index is 0.635. The molecule has 0 aliphatic carbocycles. The van der Waals surface area contributed by atoms with E-state index in [-0.39, 0.29) is 0 Å². The summed E-state index contributed by atoms with van der Waals surface area (Å²) in [7, 11) is 0. The lowest BCUT2D eigenvalue weighted by molar-refractivity contribution is -0.970. The van der Waals surface area contributed by atoms with Crippen molar-refractivity contribution in [2.45, 2.75) is 30.7 Å². The maximum atomic E-state index is 12.5.